The third-order valence-corrected chi connectivity index (χ3v) is 4.33. The smallest absolute Gasteiger partial charge is 0.171 e. The van der Waals surface area contributed by atoms with Gasteiger partial charge in [0.25, 0.3) is 0 Å². The Bertz CT molecular complexity index is 589. The third-order valence-electron chi connectivity index (χ3n) is 2.55. The van der Waals surface area contributed by atoms with Crippen LogP contribution in [0.4, 0.5) is 0 Å². The summed E-state index contributed by atoms with van der Waals surface area (Å²) in [6.45, 7) is 5.51. The second kappa shape index (κ2) is 4.70. The summed E-state index contributed by atoms with van der Waals surface area (Å²) in [7, 11) is 0. The Morgan fingerprint density at radius 2 is 2.06 bits per heavy atom. The van der Waals surface area contributed by atoms with Gasteiger partial charge < -0.3 is 0 Å². The van der Waals surface area contributed by atoms with Crippen LogP contribution in [0.25, 0.3) is 10.6 Å². The minimum atomic E-state index is 0.0823. The molecule has 0 bridgehead atoms. The molecule has 0 saturated heterocycles. The fourth-order valence-corrected chi connectivity index (χ4v) is 3.07. The van der Waals surface area contributed by atoms with Crippen LogP contribution in [0.3, 0.4) is 0 Å². The zero-order chi connectivity index (χ0) is 12.6. The van der Waals surface area contributed by atoms with Crippen molar-refractivity contribution in [1.29, 1.82) is 0 Å². The van der Waals surface area contributed by atoms with E-state index in [1.807, 2.05) is 32.0 Å². The second-order valence-corrected chi connectivity index (χ2v) is 5.86. The van der Waals surface area contributed by atoms with Crippen molar-refractivity contribution in [3.8, 4) is 10.6 Å². The Balaban J connectivity index is 2.57. The summed E-state index contributed by atoms with van der Waals surface area (Å²) in [5.74, 6) is 0.0823. The average molecular weight is 310 g/mol. The van der Waals surface area contributed by atoms with E-state index in [4.69, 9.17) is 0 Å². The van der Waals surface area contributed by atoms with Crippen LogP contribution in [0, 0.1) is 13.8 Å². The van der Waals surface area contributed by atoms with Crippen molar-refractivity contribution in [2.24, 2.45) is 0 Å². The van der Waals surface area contributed by atoms with E-state index in [1.165, 1.54) is 11.3 Å². The van der Waals surface area contributed by atoms with Crippen molar-refractivity contribution in [1.82, 2.24) is 4.98 Å². The van der Waals surface area contributed by atoms with Gasteiger partial charge in [0.1, 0.15) is 5.01 Å². The Morgan fingerprint density at radius 3 is 2.65 bits per heavy atom. The van der Waals surface area contributed by atoms with Crippen LogP contribution in [0.15, 0.2) is 22.7 Å². The lowest BCUT2D eigenvalue weighted by molar-refractivity contribution is 0.102. The Hall–Kier alpha value is -1.00. The van der Waals surface area contributed by atoms with Crippen LogP contribution in [-0.2, 0) is 0 Å². The molecule has 1 heterocycles. The van der Waals surface area contributed by atoms with Crippen LogP contribution in [0.1, 0.15) is 27.9 Å². The summed E-state index contributed by atoms with van der Waals surface area (Å²) in [6.07, 6.45) is 0. The molecule has 4 heteroatoms. The minimum Gasteiger partial charge on any atom is -0.294 e. The maximum atomic E-state index is 11.4. The van der Waals surface area contributed by atoms with Crippen LogP contribution < -0.4 is 0 Å². The molecule has 2 nitrogen and oxygen atoms in total. The number of benzene rings is 1. The van der Waals surface area contributed by atoms with Gasteiger partial charge in [-0.25, -0.2) is 4.98 Å². The number of carbonyl (C=O) groups excluding carboxylic acids is 1. The van der Waals surface area contributed by atoms with Gasteiger partial charge in [-0.05, 0) is 31.5 Å². The van der Waals surface area contributed by atoms with E-state index in [9.17, 15) is 4.79 Å². The second-order valence-electron chi connectivity index (χ2n) is 3.95. The number of carbonyl (C=O) groups is 1. The van der Waals surface area contributed by atoms with E-state index in [0.29, 0.717) is 0 Å². The van der Waals surface area contributed by atoms with Crippen LogP contribution >= 0.6 is 27.3 Å². The first-order valence-electron chi connectivity index (χ1n) is 5.24. The van der Waals surface area contributed by atoms with E-state index in [0.717, 1.165) is 31.2 Å². The van der Waals surface area contributed by atoms with Crippen LogP contribution in [0.5, 0.6) is 0 Å². The molecular formula is C13H12BrNOS. The zero-order valence-corrected chi connectivity index (χ0v) is 12.3. The van der Waals surface area contributed by atoms with Gasteiger partial charge in [-0.15, -0.1) is 11.3 Å². The summed E-state index contributed by atoms with van der Waals surface area (Å²) in [6, 6.07) is 6.09. The number of aromatic nitrogens is 1. The molecule has 88 valence electrons. The highest BCUT2D eigenvalue weighted by molar-refractivity contribution is 9.10. The summed E-state index contributed by atoms with van der Waals surface area (Å²) >= 11 is 4.92. The molecular weight excluding hydrogens is 298 g/mol. The largest absolute Gasteiger partial charge is 0.294 e. The highest BCUT2D eigenvalue weighted by Gasteiger charge is 2.14. The molecule has 0 aliphatic carbocycles. The van der Waals surface area contributed by atoms with Crippen molar-refractivity contribution < 1.29 is 4.79 Å². The molecule has 0 fully saturated rings. The molecule has 0 saturated carbocycles. The number of halogens is 1. The number of ketones is 1. The third kappa shape index (κ3) is 2.48. The predicted molar refractivity (Wildman–Crippen MR) is 74.7 cm³/mol. The molecule has 0 N–H and O–H groups in total. The van der Waals surface area contributed by atoms with E-state index in [-0.39, 0.29) is 5.78 Å². The molecule has 1 aromatic heterocycles. The monoisotopic (exact) mass is 309 g/mol. The molecule has 0 aliphatic heterocycles. The lowest BCUT2D eigenvalue weighted by atomic mass is 10.1. The first kappa shape index (κ1) is 12.5. The number of nitrogens with zero attached hydrogens (tertiary/aromatic N) is 1. The van der Waals surface area contributed by atoms with Gasteiger partial charge in [0.15, 0.2) is 5.78 Å². The Morgan fingerprint density at radius 1 is 1.35 bits per heavy atom. The molecule has 2 rings (SSSR count). The highest BCUT2D eigenvalue weighted by Crippen LogP contribution is 2.32. The Labute approximate surface area is 113 Å². The van der Waals surface area contributed by atoms with Gasteiger partial charge >= 0.3 is 0 Å². The van der Waals surface area contributed by atoms with E-state index in [2.05, 4.69) is 20.9 Å². The van der Waals surface area contributed by atoms with Crippen molar-refractivity contribution in [2.75, 3.05) is 0 Å². The molecule has 2 aromatic rings. The molecule has 0 aliphatic rings. The quantitative estimate of drug-likeness (QED) is 0.770. The maximum absolute atomic E-state index is 11.4. The van der Waals surface area contributed by atoms with Crippen molar-refractivity contribution >= 4 is 33.0 Å². The fraction of sp³-hybridized carbons (Fsp3) is 0.231. The van der Waals surface area contributed by atoms with Gasteiger partial charge in [-0.2, -0.15) is 0 Å². The molecule has 0 atom stereocenters. The number of hydrogen-bond acceptors (Lipinski definition) is 3. The first-order chi connectivity index (χ1) is 7.99. The Kier molecular flexibility index (Phi) is 3.45. The summed E-state index contributed by atoms with van der Waals surface area (Å²) in [4.78, 5) is 16.7. The number of Topliss-reactive ketones (excluding diaryl/α,β-unsaturated/α-hetero) is 1. The minimum absolute atomic E-state index is 0.0823. The highest BCUT2D eigenvalue weighted by atomic mass is 79.9. The number of rotatable bonds is 2. The van der Waals surface area contributed by atoms with E-state index >= 15 is 0 Å². The normalized spacial score (nSPS) is 10.6. The predicted octanol–water partition coefficient (Wildman–Crippen LogP) is 4.39. The van der Waals surface area contributed by atoms with Crippen LogP contribution in [0.2, 0.25) is 0 Å². The molecule has 0 radical (unpaired) electrons. The van der Waals surface area contributed by atoms with E-state index < -0.39 is 0 Å². The number of hydrogen-bond donors (Lipinski definition) is 0. The molecule has 0 unspecified atom stereocenters. The molecule has 1 aromatic carbocycles. The van der Waals surface area contributed by atoms with Gasteiger partial charge in [-0.1, -0.05) is 22.0 Å². The molecule has 0 amide bonds. The molecule has 17 heavy (non-hydrogen) atoms. The lowest BCUT2D eigenvalue weighted by Gasteiger charge is -2.02. The van der Waals surface area contributed by atoms with Crippen molar-refractivity contribution in [3.05, 3.63) is 38.8 Å². The number of aryl methyl sites for hydroxylation is 2. The summed E-state index contributed by atoms with van der Waals surface area (Å²) in [5, 5.41) is 0.909. The first-order valence-corrected chi connectivity index (χ1v) is 6.85. The lowest BCUT2D eigenvalue weighted by Crippen LogP contribution is -1.89. The molecule has 0 spiro atoms. The van der Waals surface area contributed by atoms with Gasteiger partial charge in [0.05, 0.1) is 10.6 Å². The van der Waals surface area contributed by atoms with Crippen molar-refractivity contribution in [3.63, 3.8) is 0 Å². The van der Waals surface area contributed by atoms with Gasteiger partial charge in [-0.3, -0.25) is 4.79 Å². The SMILES string of the molecule is CC(=O)c1sc(-c2cc(Br)ccc2C)nc1C. The average Bonchev–Trinajstić information content (AvgIpc) is 2.64. The van der Waals surface area contributed by atoms with Crippen LogP contribution in [-0.4, -0.2) is 10.8 Å². The van der Waals surface area contributed by atoms with E-state index in [1.54, 1.807) is 6.92 Å². The summed E-state index contributed by atoms with van der Waals surface area (Å²) in [5.41, 5.74) is 3.06. The van der Waals surface area contributed by atoms with Gasteiger partial charge in [0, 0.05) is 17.0 Å². The number of thiazole rings is 1. The fourth-order valence-electron chi connectivity index (χ4n) is 1.66. The van der Waals surface area contributed by atoms with Gasteiger partial charge in [0.2, 0.25) is 0 Å². The summed E-state index contributed by atoms with van der Waals surface area (Å²) < 4.78 is 1.02. The topological polar surface area (TPSA) is 30.0 Å². The zero-order valence-electron chi connectivity index (χ0n) is 9.87. The maximum Gasteiger partial charge on any atom is 0.171 e. The van der Waals surface area contributed by atoms with Crippen molar-refractivity contribution in [2.45, 2.75) is 20.8 Å². The standard InChI is InChI=1S/C13H12BrNOS/c1-7-4-5-10(14)6-11(7)13-15-8(2)12(17-13)9(3)16/h4-6H,1-3H3.